The van der Waals surface area contributed by atoms with Crippen molar-refractivity contribution in [1.82, 2.24) is 10.2 Å². The Morgan fingerprint density at radius 1 is 0.926 bits per heavy atom. The lowest BCUT2D eigenvalue weighted by Gasteiger charge is -2.11. The molecule has 0 radical (unpaired) electrons. The second-order valence-corrected chi connectivity index (χ2v) is 5.76. The fraction of sp³-hybridized carbons (Fsp3) is 0.150. The Morgan fingerprint density at radius 3 is 2.41 bits per heavy atom. The number of carbonyl (C=O) groups excluding carboxylic acids is 1. The fourth-order valence-corrected chi connectivity index (χ4v) is 2.47. The summed E-state index contributed by atoms with van der Waals surface area (Å²) in [6.45, 7) is 2.00. The summed E-state index contributed by atoms with van der Waals surface area (Å²) in [5.41, 5.74) is 2.71. The number of benzene rings is 2. The van der Waals surface area contributed by atoms with Crippen molar-refractivity contribution in [2.75, 3.05) is 24.9 Å². The highest BCUT2D eigenvalue weighted by atomic mass is 16.5. The molecule has 0 aliphatic heterocycles. The van der Waals surface area contributed by atoms with Gasteiger partial charge in [0, 0.05) is 11.8 Å². The Bertz CT molecular complexity index is 942. The van der Waals surface area contributed by atoms with Gasteiger partial charge in [-0.05, 0) is 42.8 Å². The van der Waals surface area contributed by atoms with Crippen LogP contribution in [0.15, 0.2) is 54.6 Å². The summed E-state index contributed by atoms with van der Waals surface area (Å²) < 4.78 is 10.4. The quantitative estimate of drug-likeness (QED) is 0.692. The molecule has 0 saturated carbocycles. The zero-order valence-electron chi connectivity index (χ0n) is 15.3. The summed E-state index contributed by atoms with van der Waals surface area (Å²) in [7, 11) is 3.09. The van der Waals surface area contributed by atoms with Crippen LogP contribution in [0.3, 0.4) is 0 Å². The number of nitrogens with one attached hydrogen (secondary N) is 2. The van der Waals surface area contributed by atoms with Gasteiger partial charge < -0.3 is 20.1 Å². The number of nitrogens with zero attached hydrogens (tertiary/aromatic N) is 2. The van der Waals surface area contributed by atoms with Crippen LogP contribution in [0, 0.1) is 6.92 Å². The van der Waals surface area contributed by atoms with Crippen molar-refractivity contribution in [2.24, 2.45) is 0 Å². The van der Waals surface area contributed by atoms with Crippen molar-refractivity contribution in [3.05, 3.63) is 65.9 Å². The summed E-state index contributed by atoms with van der Waals surface area (Å²) in [5.74, 6) is 1.29. The van der Waals surface area contributed by atoms with E-state index in [9.17, 15) is 4.79 Å². The number of carbonyl (C=O) groups is 1. The molecule has 7 nitrogen and oxygen atoms in total. The largest absolute Gasteiger partial charge is 0.497 e. The lowest BCUT2D eigenvalue weighted by molar-refractivity contribution is 0.102. The minimum Gasteiger partial charge on any atom is -0.497 e. The molecule has 1 amide bonds. The molecular weight excluding hydrogens is 344 g/mol. The molecule has 0 spiro atoms. The third-order valence-electron chi connectivity index (χ3n) is 3.96. The van der Waals surface area contributed by atoms with Gasteiger partial charge in [-0.2, -0.15) is 0 Å². The van der Waals surface area contributed by atoms with Crippen LogP contribution in [0.5, 0.6) is 11.5 Å². The maximum atomic E-state index is 12.5. The molecule has 1 aromatic heterocycles. The smallest absolute Gasteiger partial charge is 0.276 e. The van der Waals surface area contributed by atoms with Crippen LogP contribution in [0.25, 0.3) is 0 Å². The zero-order chi connectivity index (χ0) is 19.2. The van der Waals surface area contributed by atoms with Crippen molar-refractivity contribution < 1.29 is 14.3 Å². The molecule has 3 aromatic rings. The van der Waals surface area contributed by atoms with Crippen LogP contribution in [0.2, 0.25) is 0 Å². The van der Waals surface area contributed by atoms with E-state index in [1.165, 1.54) is 7.11 Å². The third kappa shape index (κ3) is 4.33. The van der Waals surface area contributed by atoms with Gasteiger partial charge in [-0.3, -0.25) is 4.79 Å². The number of hydrogen-bond acceptors (Lipinski definition) is 6. The van der Waals surface area contributed by atoms with E-state index in [0.29, 0.717) is 23.0 Å². The monoisotopic (exact) mass is 364 g/mol. The minimum absolute atomic E-state index is 0.190. The molecule has 0 aliphatic carbocycles. The lowest BCUT2D eigenvalue weighted by Crippen LogP contribution is -2.15. The summed E-state index contributed by atoms with van der Waals surface area (Å²) in [6.07, 6.45) is 0. The molecule has 0 bridgehead atoms. The first kappa shape index (κ1) is 18.2. The average molecular weight is 364 g/mol. The van der Waals surface area contributed by atoms with Gasteiger partial charge in [-0.25, -0.2) is 0 Å². The molecule has 0 saturated heterocycles. The molecule has 2 N–H and O–H groups in total. The maximum absolute atomic E-state index is 12.5. The number of ether oxygens (including phenoxy) is 2. The predicted molar refractivity (Wildman–Crippen MR) is 104 cm³/mol. The van der Waals surface area contributed by atoms with Crippen molar-refractivity contribution >= 4 is 23.1 Å². The van der Waals surface area contributed by atoms with Crippen molar-refractivity contribution in [2.45, 2.75) is 6.92 Å². The van der Waals surface area contributed by atoms with Gasteiger partial charge in [0.1, 0.15) is 11.5 Å². The first-order valence-corrected chi connectivity index (χ1v) is 8.30. The number of aryl methyl sites for hydroxylation is 1. The van der Waals surface area contributed by atoms with Gasteiger partial charge in [0.15, 0.2) is 11.5 Å². The number of anilines is 3. The molecule has 2 aromatic carbocycles. The normalized spacial score (nSPS) is 10.2. The molecule has 0 aliphatic rings. The zero-order valence-corrected chi connectivity index (χ0v) is 15.3. The molecule has 7 heteroatoms. The molecule has 0 fully saturated rings. The predicted octanol–water partition coefficient (Wildman–Crippen LogP) is 3.80. The highest BCUT2D eigenvalue weighted by molar-refractivity contribution is 6.03. The molecule has 3 rings (SSSR count). The van der Waals surface area contributed by atoms with E-state index < -0.39 is 5.91 Å². The standard InChI is InChI=1S/C20H20N4O3/c1-13-6-4-5-7-15(13)21-19-11-9-16(23-24-19)20(25)22-17-12-14(26-2)8-10-18(17)27-3/h4-12H,1-3H3,(H,21,24)(H,22,25). The van der Waals surface area contributed by atoms with Gasteiger partial charge in [-0.1, -0.05) is 18.2 Å². The van der Waals surface area contributed by atoms with Crippen LogP contribution in [-0.4, -0.2) is 30.3 Å². The summed E-state index contributed by atoms with van der Waals surface area (Å²) in [4.78, 5) is 12.5. The van der Waals surface area contributed by atoms with Crippen LogP contribution in [0.4, 0.5) is 17.2 Å². The van der Waals surface area contributed by atoms with Gasteiger partial charge in [0.05, 0.1) is 19.9 Å². The van der Waals surface area contributed by atoms with Crippen LogP contribution in [0.1, 0.15) is 16.1 Å². The molecular formula is C20H20N4O3. The fourth-order valence-electron chi connectivity index (χ4n) is 2.47. The van der Waals surface area contributed by atoms with E-state index in [1.807, 2.05) is 31.2 Å². The van der Waals surface area contributed by atoms with Crippen LogP contribution < -0.4 is 20.1 Å². The van der Waals surface area contributed by atoms with Crippen LogP contribution >= 0.6 is 0 Å². The van der Waals surface area contributed by atoms with Gasteiger partial charge >= 0.3 is 0 Å². The van der Waals surface area contributed by atoms with E-state index in [4.69, 9.17) is 9.47 Å². The Morgan fingerprint density at radius 2 is 1.74 bits per heavy atom. The highest BCUT2D eigenvalue weighted by Crippen LogP contribution is 2.29. The molecule has 0 unspecified atom stereocenters. The van der Waals surface area contributed by atoms with Crippen molar-refractivity contribution in [3.8, 4) is 11.5 Å². The number of rotatable bonds is 6. The number of methoxy groups -OCH3 is 2. The van der Waals surface area contributed by atoms with Gasteiger partial charge in [-0.15, -0.1) is 10.2 Å². The Hall–Kier alpha value is -3.61. The van der Waals surface area contributed by atoms with E-state index in [2.05, 4.69) is 20.8 Å². The van der Waals surface area contributed by atoms with Gasteiger partial charge in [0.25, 0.3) is 5.91 Å². The summed E-state index contributed by atoms with van der Waals surface area (Å²) in [6, 6.07) is 16.3. The Balaban J connectivity index is 1.74. The van der Waals surface area contributed by atoms with E-state index >= 15 is 0 Å². The molecule has 27 heavy (non-hydrogen) atoms. The summed E-state index contributed by atoms with van der Waals surface area (Å²) >= 11 is 0. The minimum atomic E-state index is -0.392. The summed E-state index contributed by atoms with van der Waals surface area (Å²) in [5, 5.41) is 14.0. The Kier molecular flexibility index (Phi) is 5.51. The van der Waals surface area contributed by atoms with Crippen molar-refractivity contribution in [3.63, 3.8) is 0 Å². The SMILES string of the molecule is COc1ccc(OC)c(NC(=O)c2ccc(Nc3ccccc3C)nn2)c1. The maximum Gasteiger partial charge on any atom is 0.276 e. The average Bonchev–Trinajstić information content (AvgIpc) is 2.70. The number of para-hydroxylation sites is 1. The first-order valence-electron chi connectivity index (χ1n) is 8.30. The highest BCUT2D eigenvalue weighted by Gasteiger charge is 2.13. The van der Waals surface area contributed by atoms with Gasteiger partial charge in [0.2, 0.25) is 0 Å². The molecule has 0 atom stereocenters. The van der Waals surface area contributed by atoms with Crippen LogP contribution in [-0.2, 0) is 0 Å². The topological polar surface area (TPSA) is 85.4 Å². The Labute approximate surface area is 157 Å². The number of hydrogen-bond donors (Lipinski definition) is 2. The lowest BCUT2D eigenvalue weighted by atomic mass is 10.2. The third-order valence-corrected chi connectivity index (χ3v) is 3.96. The second-order valence-electron chi connectivity index (χ2n) is 5.76. The molecule has 1 heterocycles. The first-order chi connectivity index (χ1) is 13.1. The van der Waals surface area contributed by atoms with E-state index in [-0.39, 0.29) is 5.69 Å². The molecule has 138 valence electrons. The number of aromatic nitrogens is 2. The van der Waals surface area contributed by atoms with E-state index in [1.54, 1.807) is 37.4 Å². The second kappa shape index (κ2) is 8.18. The van der Waals surface area contributed by atoms with E-state index in [0.717, 1.165) is 11.3 Å². The number of amides is 1. The van der Waals surface area contributed by atoms with Crippen molar-refractivity contribution in [1.29, 1.82) is 0 Å².